The molecule has 0 amide bonds. The summed E-state index contributed by atoms with van der Waals surface area (Å²) in [6.45, 7) is 1.53. The zero-order valence-electron chi connectivity index (χ0n) is 12.2. The van der Waals surface area contributed by atoms with Crippen LogP contribution in [0, 0.1) is 17.7 Å². The molecule has 4 heteroatoms. The van der Waals surface area contributed by atoms with Crippen molar-refractivity contribution >= 4 is 0 Å². The number of hydrogen-bond donors (Lipinski definition) is 2. The molecule has 2 rings (SSSR count). The van der Waals surface area contributed by atoms with Crippen molar-refractivity contribution in [3.8, 4) is 11.8 Å². The summed E-state index contributed by atoms with van der Waals surface area (Å²) in [5.41, 5.74) is 1.35. The van der Waals surface area contributed by atoms with Gasteiger partial charge < -0.3 is 10.2 Å². The van der Waals surface area contributed by atoms with Crippen LogP contribution in [0.3, 0.4) is 0 Å². The number of hydrogen-bond acceptors (Lipinski definition) is 3. The van der Waals surface area contributed by atoms with Crippen molar-refractivity contribution in [2.45, 2.75) is 38.3 Å². The topological polar surface area (TPSA) is 43.7 Å². The van der Waals surface area contributed by atoms with Gasteiger partial charge in [0.1, 0.15) is 12.4 Å². The van der Waals surface area contributed by atoms with Crippen LogP contribution in [-0.4, -0.2) is 40.9 Å². The minimum Gasteiger partial charge on any atom is -0.396 e. The largest absolute Gasteiger partial charge is 0.396 e. The average molecular weight is 291 g/mol. The van der Waals surface area contributed by atoms with Crippen LogP contribution >= 0.6 is 0 Å². The van der Waals surface area contributed by atoms with Gasteiger partial charge in [0, 0.05) is 25.7 Å². The van der Waals surface area contributed by atoms with Crippen molar-refractivity contribution in [3.05, 3.63) is 35.1 Å². The summed E-state index contributed by atoms with van der Waals surface area (Å²) in [5.74, 6) is 4.77. The molecule has 0 spiro atoms. The average Bonchev–Trinajstić information content (AvgIpc) is 2.43. The molecule has 0 bridgehead atoms. The zero-order valence-corrected chi connectivity index (χ0v) is 12.2. The van der Waals surface area contributed by atoms with E-state index in [1.165, 1.54) is 25.3 Å². The van der Waals surface area contributed by atoms with Gasteiger partial charge in [0.05, 0.1) is 5.56 Å². The van der Waals surface area contributed by atoms with Crippen LogP contribution in [0.4, 0.5) is 4.39 Å². The monoisotopic (exact) mass is 291 g/mol. The van der Waals surface area contributed by atoms with Crippen molar-refractivity contribution in [2.75, 3.05) is 19.8 Å². The third-order valence-electron chi connectivity index (χ3n) is 3.91. The van der Waals surface area contributed by atoms with Gasteiger partial charge in [-0.15, -0.1) is 0 Å². The van der Waals surface area contributed by atoms with Gasteiger partial charge >= 0.3 is 0 Å². The molecule has 0 heterocycles. The zero-order chi connectivity index (χ0) is 15.1. The van der Waals surface area contributed by atoms with Gasteiger partial charge in [0.2, 0.25) is 0 Å². The Labute approximate surface area is 125 Å². The number of halogens is 1. The smallest absolute Gasteiger partial charge is 0.138 e. The predicted molar refractivity (Wildman–Crippen MR) is 80.1 cm³/mol. The van der Waals surface area contributed by atoms with E-state index in [-0.39, 0.29) is 19.0 Å². The maximum atomic E-state index is 13.6. The first kappa shape index (κ1) is 16.0. The second-order valence-corrected chi connectivity index (χ2v) is 5.41. The Morgan fingerprint density at radius 1 is 1.29 bits per heavy atom. The molecule has 3 nitrogen and oxygen atoms in total. The highest BCUT2D eigenvalue weighted by molar-refractivity contribution is 5.38. The summed E-state index contributed by atoms with van der Waals surface area (Å²) < 4.78 is 13.6. The lowest BCUT2D eigenvalue weighted by molar-refractivity contribution is 0.109. The fourth-order valence-electron chi connectivity index (χ4n) is 2.55. The molecule has 1 aliphatic carbocycles. The molecule has 2 N–H and O–H groups in total. The van der Waals surface area contributed by atoms with E-state index < -0.39 is 0 Å². The molecule has 1 fully saturated rings. The van der Waals surface area contributed by atoms with E-state index in [0.717, 1.165) is 25.1 Å². The first-order chi connectivity index (χ1) is 10.2. The van der Waals surface area contributed by atoms with Crippen molar-refractivity contribution in [3.63, 3.8) is 0 Å². The van der Waals surface area contributed by atoms with E-state index in [1.807, 2.05) is 0 Å². The standard InChI is InChI=1S/C17H22FNO2/c18-17-8-7-14(12-15(17)4-2-10-20)13-19(9-3-11-21)16-5-1-6-16/h7-8,12,16,20-21H,1,3,5-6,9-11,13H2. The molecule has 114 valence electrons. The van der Waals surface area contributed by atoms with Gasteiger partial charge in [-0.3, -0.25) is 4.90 Å². The van der Waals surface area contributed by atoms with Crippen LogP contribution in [-0.2, 0) is 6.54 Å². The molecular weight excluding hydrogens is 269 g/mol. The lowest BCUT2D eigenvalue weighted by Gasteiger charge is -2.37. The fourth-order valence-corrected chi connectivity index (χ4v) is 2.55. The lowest BCUT2D eigenvalue weighted by Crippen LogP contribution is -2.40. The molecule has 0 radical (unpaired) electrons. The molecule has 21 heavy (non-hydrogen) atoms. The third-order valence-corrected chi connectivity index (χ3v) is 3.91. The molecular formula is C17H22FNO2. The van der Waals surface area contributed by atoms with Crippen LogP contribution in [0.15, 0.2) is 18.2 Å². The summed E-state index contributed by atoms with van der Waals surface area (Å²) in [7, 11) is 0. The summed E-state index contributed by atoms with van der Waals surface area (Å²) >= 11 is 0. The van der Waals surface area contributed by atoms with Gasteiger partial charge in [-0.25, -0.2) is 4.39 Å². The maximum absolute atomic E-state index is 13.6. The Kier molecular flexibility index (Phi) is 6.19. The van der Waals surface area contributed by atoms with E-state index in [4.69, 9.17) is 10.2 Å². The van der Waals surface area contributed by atoms with Crippen LogP contribution in [0.2, 0.25) is 0 Å². The number of aliphatic hydroxyl groups is 2. The Hall–Kier alpha value is -1.41. The number of nitrogens with zero attached hydrogens (tertiary/aromatic N) is 1. The Morgan fingerprint density at radius 3 is 2.71 bits per heavy atom. The van der Waals surface area contributed by atoms with E-state index >= 15 is 0 Å². The Balaban J connectivity index is 2.08. The molecule has 0 atom stereocenters. The quantitative estimate of drug-likeness (QED) is 0.787. The second kappa shape index (κ2) is 8.14. The Bertz CT molecular complexity index is 517. The van der Waals surface area contributed by atoms with Crippen LogP contribution < -0.4 is 0 Å². The summed E-state index contributed by atoms with van der Waals surface area (Å²) in [5, 5.41) is 17.7. The van der Waals surface area contributed by atoms with Gasteiger partial charge in [-0.1, -0.05) is 24.3 Å². The highest BCUT2D eigenvalue weighted by atomic mass is 19.1. The van der Waals surface area contributed by atoms with E-state index in [2.05, 4.69) is 16.7 Å². The second-order valence-electron chi connectivity index (χ2n) is 5.41. The molecule has 0 saturated heterocycles. The van der Waals surface area contributed by atoms with Gasteiger partial charge in [-0.2, -0.15) is 0 Å². The lowest BCUT2D eigenvalue weighted by atomic mass is 9.91. The highest BCUT2D eigenvalue weighted by Crippen LogP contribution is 2.26. The molecule has 1 aromatic rings. The maximum Gasteiger partial charge on any atom is 0.138 e. The highest BCUT2D eigenvalue weighted by Gasteiger charge is 2.24. The molecule has 0 aromatic heterocycles. The van der Waals surface area contributed by atoms with Crippen molar-refractivity contribution < 1.29 is 14.6 Å². The first-order valence-corrected chi connectivity index (χ1v) is 7.47. The van der Waals surface area contributed by atoms with Gasteiger partial charge in [0.15, 0.2) is 0 Å². The van der Waals surface area contributed by atoms with Crippen LogP contribution in [0.25, 0.3) is 0 Å². The summed E-state index contributed by atoms with van der Waals surface area (Å²) in [6, 6.07) is 5.54. The number of benzene rings is 1. The SMILES string of the molecule is OCC#Cc1cc(CN(CCCO)C2CCC2)ccc1F. The van der Waals surface area contributed by atoms with Crippen molar-refractivity contribution in [1.82, 2.24) is 4.90 Å². The van der Waals surface area contributed by atoms with Crippen molar-refractivity contribution in [1.29, 1.82) is 0 Å². The molecule has 1 aliphatic rings. The predicted octanol–water partition coefficient (Wildman–Crippen LogP) is 1.91. The Morgan fingerprint density at radius 2 is 2.10 bits per heavy atom. The van der Waals surface area contributed by atoms with E-state index in [9.17, 15) is 4.39 Å². The van der Waals surface area contributed by atoms with E-state index in [0.29, 0.717) is 11.6 Å². The third kappa shape index (κ3) is 4.53. The van der Waals surface area contributed by atoms with Crippen LogP contribution in [0.5, 0.6) is 0 Å². The summed E-state index contributed by atoms with van der Waals surface area (Å²) in [6.07, 6.45) is 4.42. The van der Waals surface area contributed by atoms with Crippen molar-refractivity contribution in [2.24, 2.45) is 0 Å². The van der Waals surface area contributed by atoms with E-state index in [1.54, 1.807) is 12.1 Å². The fraction of sp³-hybridized carbons (Fsp3) is 0.529. The number of rotatable bonds is 6. The molecule has 0 aliphatic heterocycles. The normalized spacial score (nSPS) is 14.7. The molecule has 1 saturated carbocycles. The minimum atomic E-state index is -0.356. The van der Waals surface area contributed by atoms with Gasteiger partial charge in [-0.05, 0) is 37.0 Å². The van der Waals surface area contributed by atoms with Gasteiger partial charge in [0.25, 0.3) is 0 Å². The molecule has 0 unspecified atom stereocenters. The minimum absolute atomic E-state index is 0.194. The number of aliphatic hydroxyl groups excluding tert-OH is 2. The van der Waals surface area contributed by atoms with Crippen LogP contribution in [0.1, 0.15) is 36.8 Å². The summed E-state index contributed by atoms with van der Waals surface area (Å²) in [4.78, 5) is 2.36. The first-order valence-electron chi connectivity index (χ1n) is 7.47. The molecule has 1 aromatic carbocycles.